The van der Waals surface area contributed by atoms with Gasteiger partial charge in [-0.3, -0.25) is 14.3 Å². The molecule has 172 valence electrons. The first-order chi connectivity index (χ1) is 16.5. The number of pyridine rings is 1. The molecule has 0 saturated heterocycles. The average molecular weight is 471 g/mol. The third kappa shape index (κ3) is 5.77. The maximum atomic E-state index is 12.4. The fourth-order valence-corrected chi connectivity index (χ4v) is 4.03. The average Bonchev–Trinajstić information content (AvgIpc) is 3.28. The predicted molar refractivity (Wildman–Crippen MR) is 136 cm³/mol. The van der Waals surface area contributed by atoms with E-state index < -0.39 is 0 Å². The fourth-order valence-electron chi connectivity index (χ4n) is 3.29. The molecule has 2 heterocycles. The molecule has 0 aliphatic rings. The number of hydrazone groups is 1. The molecule has 1 amide bonds. The Morgan fingerprint density at radius 3 is 2.41 bits per heavy atom. The van der Waals surface area contributed by atoms with Crippen LogP contribution in [0.3, 0.4) is 0 Å². The number of hydrogen-bond donors (Lipinski definition) is 1. The summed E-state index contributed by atoms with van der Waals surface area (Å²) < 4.78 is 1.95. The highest BCUT2D eigenvalue weighted by molar-refractivity contribution is 7.99. The molecule has 8 heteroatoms. The van der Waals surface area contributed by atoms with Crippen LogP contribution in [0.15, 0.2) is 83.3 Å². The van der Waals surface area contributed by atoms with Gasteiger partial charge in [-0.15, -0.1) is 10.2 Å². The van der Waals surface area contributed by atoms with Crippen molar-refractivity contribution in [3.05, 3.63) is 89.7 Å². The zero-order chi connectivity index (χ0) is 23.9. The molecule has 0 spiro atoms. The number of aryl methyl sites for hydroxylation is 1. The summed E-state index contributed by atoms with van der Waals surface area (Å²) >= 11 is 1.31. The number of hydrogen-bond acceptors (Lipinski definition) is 6. The van der Waals surface area contributed by atoms with E-state index in [1.807, 2.05) is 60.0 Å². The molecular formula is C26H26N6OS. The molecule has 4 aromatic rings. The Morgan fingerprint density at radius 2 is 1.74 bits per heavy atom. The van der Waals surface area contributed by atoms with Gasteiger partial charge >= 0.3 is 0 Å². The van der Waals surface area contributed by atoms with Gasteiger partial charge in [-0.05, 0) is 48.2 Å². The zero-order valence-corrected chi connectivity index (χ0v) is 20.2. The Labute approximate surface area is 203 Å². The molecule has 0 atom stereocenters. The summed E-state index contributed by atoms with van der Waals surface area (Å²) in [5.74, 6) is 1.11. The second-order valence-corrected chi connectivity index (χ2v) is 9.06. The molecule has 1 N–H and O–H groups in total. The SMILES string of the molecule is Cc1ccc(-n2c(SCC(=O)NN=Cc3ccc(C(C)C)cc3)nnc2-c2ccncc2)cc1. The predicted octanol–water partition coefficient (Wildman–Crippen LogP) is 5.00. The van der Waals surface area contributed by atoms with E-state index in [9.17, 15) is 4.79 Å². The van der Waals surface area contributed by atoms with Crippen molar-refractivity contribution >= 4 is 23.9 Å². The number of rotatable bonds is 8. The minimum atomic E-state index is -0.219. The standard InChI is InChI=1S/C26H26N6OS/c1-18(2)21-8-6-20(7-9-21)16-28-29-24(33)17-34-26-31-30-25(22-12-14-27-15-13-22)32(26)23-10-4-19(3)5-11-23/h4-16,18H,17H2,1-3H3,(H,29,33). The summed E-state index contributed by atoms with van der Waals surface area (Å²) in [5, 5.41) is 13.4. The normalized spacial score (nSPS) is 11.3. The van der Waals surface area contributed by atoms with Crippen molar-refractivity contribution in [2.24, 2.45) is 5.10 Å². The lowest BCUT2D eigenvalue weighted by molar-refractivity contribution is -0.118. The van der Waals surface area contributed by atoms with E-state index in [0.717, 1.165) is 22.4 Å². The molecule has 0 aliphatic carbocycles. The van der Waals surface area contributed by atoms with Gasteiger partial charge in [-0.25, -0.2) is 5.43 Å². The van der Waals surface area contributed by atoms with Gasteiger partial charge in [0.1, 0.15) is 0 Å². The second kappa shape index (κ2) is 10.9. The number of nitrogens with one attached hydrogen (secondary N) is 1. The van der Waals surface area contributed by atoms with Crippen LogP contribution in [0.1, 0.15) is 36.5 Å². The Bertz CT molecular complexity index is 1270. The highest BCUT2D eigenvalue weighted by Crippen LogP contribution is 2.27. The summed E-state index contributed by atoms with van der Waals surface area (Å²) in [6.45, 7) is 6.35. The summed E-state index contributed by atoms with van der Waals surface area (Å²) in [5.41, 5.74) is 7.76. The molecule has 0 saturated carbocycles. The molecule has 0 radical (unpaired) electrons. The minimum Gasteiger partial charge on any atom is -0.272 e. The molecule has 0 fully saturated rings. The summed E-state index contributed by atoms with van der Waals surface area (Å²) in [6, 6.07) is 20.0. The number of nitrogens with zero attached hydrogens (tertiary/aromatic N) is 5. The van der Waals surface area contributed by atoms with E-state index in [2.05, 4.69) is 51.7 Å². The summed E-state index contributed by atoms with van der Waals surface area (Å²) in [4.78, 5) is 16.5. The van der Waals surface area contributed by atoms with Crippen LogP contribution in [-0.2, 0) is 4.79 Å². The van der Waals surface area contributed by atoms with Gasteiger partial charge in [0.15, 0.2) is 11.0 Å². The van der Waals surface area contributed by atoms with E-state index in [1.54, 1.807) is 18.6 Å². The third-order valence-corrected chi connectivity index (χ3v) is 6.13. The lowest BCUT2D eigenvalue weighted by Crippen LogP contribution is -2.20. The van der Waals surface area contributed by atoms with Crippen molar-refractivity contribution < 1.29 is 4.79 Å². The fraction of sp³-hybridized carbons (Fsp3) is 0.192. The van der Waals surface area contributed by atoms with Crippen LogP contribution >= 0.6 is 11.8 Å². The topological polar surface area (TPSA) is 85.1 Å². The van der Waals surface area contributed by atoms with Crippen molar-refractivity contribution in [3.63, 3.8) is 0 Å². The van der Waals surface area contributed by atoms with Gasteiger partial charge in [0.25, 0.3) is 5.91 Å². The van der Waals surface area contributed by atoms with Crippen molar-refractivity contribution in [1.82, 2.24) is 25.2 Å². The second-order valence-electron chi connectivity index (χ2n) is 8.12. The zero-order valence-electron chi connectivity index (χ0n) is 19.3. The number of carbonyl (C=O) groups excluding carboxylic acids is 1. The van der Waals surface area contributed by atoms with Crippen LogP contribution in [-0.4, -0.2) is 37.6 Å². The molecule has 34 heavy (non-hydrogen) atoms. The van der Waals surface area contributed by atoms with Gasteiger partial charge in [0.05, 0.1) is 12.0 Å². The monoisotopic (exact) mass is 470 g/mol. The van der Waals surface area contributed by atoms with Crippen LogP contribution in [0, 0.1) is 6.92 Å². The first-order valence-electron chi connectivity index (χ1n) is 11.0. The summed E-state index contributed by atoms with van der Waals surface area (Å²) in [6.07, 6.45) is 5.08. The largest absolute Gasteiger partial charge is 0.272 e. The maximum absolute atomic E-state index is 12.4. The van der Waals surface area contributed by atoms with Gasteiger partial charge in [-0.2, -0.15) is 5.10 Å². The number of benzene rings is 2. The van der Waals surface area contributed by atoms with Crippen LogP contribution in [0.4, 0.5) is 0 Å². The Kier molecular flexibility index (Phi) is 7.49. The van der Waals surface area contributed by atoms with E-state index in [-0.39, 0.29) is 11.7 Å². The maximum Gasteiger partial charge on any atom is 0.250 e. The lowest BCUT2D eigenvalue weighted by Gasteiger charge is -2.10. The minimum absolute atomic E-state index is 0.157. The van der Waals surface area contributed by atoms with Gasteiger partial charge in [0.2, 0.25) is 0 Å². The van der Waals surface area contributed by atoms with Gasteiger partial charge in [-0.1, -0.05) is 67.6 Å². The lowest BCUT2D eigenvalue weighted by atomic mass is 10.0. The molecule has 4 rings (SSSR count). The van der Waals surface area contributed by atoms with Crippen molar-refractivity contribution in [1.29, 1.82) is 0 Å². The molecule has 0 bridgehead atoms. The van der Waals surface area contributed by atoms with Gasteiger partial charge < -0.3 is 0 Å². The van der Waals surface area contributed by atoms with E-state index in [0.29, 0.717) is 16.9 Å². The first-order valence-corrected chi connectivity index (χ1v) is 12.0. The molecular weight excluding hydrogens is 444 g/mol. The number of carbonyl (C=O) groups is 1. The highest BCUT2D eigenvalue weighted by Gasteiger charge is 2.17. The van der Waals surface area contributed by atoms with Crippen LogP contribution in [0.25, 0.3) is 17.1 Å². The van der Waals surface area contributed by atoms with Crippen LogP contribution < -0.4 is 5.43 Å². The van der Waals surface area contributed by atoms with E-state index >= 15 is 0 Å². The van der Waals surface area contributed by atoms with Crippen LogP contribution in [0.2, 0.25) is 0 Å². The smallest absolute Gasteiger partial charge is 0.250 e. The van der Waals surface area contributed by atoms with E-state index in [1.165, 1.54) is 17.3 Å². The van der Waals surface area contributed by atoms with E-state index in [4.69, 9.17) is 0 Å². The number of aromatic nitrogens is 4. The quantitative estimate of drug-likeness (QED) is 0.222. The van der Waals surface area contributed by atoms with Crippen molar-refractivity contribution in [3.8, 4) is 17.1 Å². The van der Waals surface area contributed by atoms with Crippen molar-refractivity contribution in [2.75, 3.05) is 5.75 Å². The van der Waals surface area contributed by atoms with Gasteiger partial charge in [0, 0.05) is 23.6 Å². The number of thioether (sulfide) groups is 1. The van der Waals surface area contributed by atoms with Crippen LogP contribution in [0.5, 0.6) is 0 Å². The Balaban J connectivity index is 1.45. The molecule has 0 aliphatic heterocycles. The third-order valence-electron chi connectivity index (χ3n) is 5.20. The Morgan fingerprint density at radius 1 is 1.03 bits per heavy atom. The molecule has 2 aromatic carbocycles. The molecule has 2 aromatic heterocycles. The molecule has 0 unspecified atom stereocenters. The van der Waals surface area contributed by atoms with Crippen molar-refractivity contribution in [2.45, 2.75) is 31.8 Å². The first kappa shape index (κ1) is 23.4. The summed E-state index contributed by atoms with van der Waals surface area (Å²) in [7, 11) is 0. The number of amides is 1. The molecule has 7 nitrogen and oxygen atoms in total. The highest BCUT2D eigenvalue weighted by atomic mass is 32.2. The Hall–Kier alpha value is -3.78.